The highest BCUT2D eigenvalue weighted by Gasteiger charge is 2.50. The number of hydrogen-bond donors (Lipinski definition) is 2. The van der Waals surface area contributed by atoms with E-state index >= 15 is 0 Å². The first-order valence-electron chi connectivity index (χ1n) is 9.77. The van der Waals surface area contributed by atoms with Crippen molar-refractivity contribution in [2.45, 2.75) is 62.5 Å². The maximum Gasteiger partial charge on any atom is 0.407 e. The Balaban J connectivity index is 1.28. The molecule has 2 N–H and O–H groups in total. The van der Waals surface area contributed by atoms with Gasteiger partial charge in [0.15, 0.2) is 6.10 Å². The third-order valence-corrected chi connectivity index (χ3v) is 5.55. The van der Waals surface area contributed by atoms with Crippen LogP contribution in [0.2, 0.25) is 0 Å². The lowest BCUT2D eigenvalue weighted by molar-refractivity contribution is 0.00261. The summed E-state index contributed by atoms with van der Waals surface area (Å²) in [6, 6.07) is 8.99. The van der Waals surface area contributed by atoms with Crippen molar-refractivity contribution >= 4 is 12.0 Å². The summed E-state index contributed by atoms with van der Waals surface area (Å²) < 4.78 is 17.1. The molecule has 7 nitrogen and oxygen atoms in total. The first-order valence-corrected chi connectivity index (χ1v) is 9.77. The van der Waals surface area contributed by atoms with Crippen LogP contribution in [0.5, 0.6) is 0 Å². The van der Waals surface area contributed by atoms with Crippen molar-refractivity contribution in [1.82, 2.24) is 10.6 Å². The molecule has 1 aliphatic carbocycles. The van der Waals surface area contributed by atoms with Gasteiger partial charge in [0, 0.05) is 11.6 Å². The summed E-state index contributed by atoms with van der Waals surface area (Å²) in [5.74, 6) is -0.159. The Bertz CT molecular complexity index is 662. The molecule has 3 fully saturated rings. The predicted molar refractivity (Wildman–Crippen MR) is 97.5 cm³/mol. The lowest BCUT2D eigenvalue weighted by Gasteiger charge is -2.24. The average molecular weight is 374 g/mol. The largest absolute Gasteiger partial charge is 0.441 e. The topological polar surface area (TPSA) is 85.9 Å². The van der Waals surface area contributed by atoms with E-state index in [1.54, 1.807) is 12.1 Å². The zero-order chi connectivity index (χ0) is 18.6. The highest BCUT2D eigenvalue weighted by atomic mass is 16.6. The first kappa shape index (κ1) is 18.3. The molecule has 2 heterocycles. The van der Waals surface area contributed by atoms with E-state index in [2.05, 4.69) is 10.6 Å². The fourth-order valence-electron chi connectivity index (χ4n) is 4.12. The Labute approximate surface area is 158 Å². The van der Waals surface area contributed by atoms with Crippen LogP contribution < -0.4 is 10.6 Å². The van der Waals surface area contributed by atoms with Crippen LogP contribution in [0.25, 0.3) is 0 Å². The van der Waals surface area contributed by atoms with Gasteiger partial charge in [0.25, 0.3) is 5.91 Å². The second kappa shape index (κ2) is 8.27. The first-order chi connectivity index (χ1) is 13.2. The number of carbonyl (C=O) groups excluding carboxylic acids is 2. The van der Waals surface area contributed by atoms with Crippen molar-refractivity contribution in [3.63, 3.8) is 0 Å². The van der Waals surface area contributed by atoms with Gasteiger partial charge in [-0.25, -0.2) is 4.79 Å². The number of ether oxygens (including phenoxy) is 3. The van der Waals surface area contributed by atoms with Gasteiger partial charge in [0.1, 0.15) is 12.2 Å². The number of rotatable bonds is 4. The number of fused-ring (bicyclic) bond motifs is 1. The van der Waals surface area contributed by atoms with Crippen molar-refractivity contribution in [3.05, 3.63) is 35.9 Å². The second-order valence-electron chi connectivity index (χ2n) is 7.46. The number of hydrogen-bond acceptors (Lipinski definition) is 5. The van der Waals surface area contributed by atoms with Crippen LogP contribution in [0, 0.1) is 0 Å². The number of alkyl carbamates (subject to hydrolysis) is 1. The molecule has 1 aromatic carbocycles. The lowest BCUT2D eigenvalue weighted by Crippen LogP contribution is -2.45. The van der Waals surface area contributed by atoms with Gasteiger partial charge in [0.05, 0.1) is 19.3 Å². The SMILES string of the molecule is O=C(NC1CCCCC1)O[C@@H]1CO[C@H]2[C@H]1OC[C@H]2NC(=O)c1ccccc1. The van der Waals surface area contributed by atoms with Crippen LogP contribution in [0.4, 0.5) is 4.79 Å². The van der Waals surface area contributed by atoms with Gasteiger partial charge in [-0.1, -0.05) is 37.5 Å². The zero-order valence-electron chi connectivity index (χ0n) is 15.3. The maximum atomic E-state index is 12.4. The van der Waals surface area contributed by atoms with Crippen LogP contribution in [0.3, 0.4) is 0 Å². The van der Waals surface area contributed by atoms with Crippen molar-refractivity contribution in [2.75, 3.05) is 13.2 Å². The van der Waals surface area contributed by atoms with Gasteiger partial charge in [-0.15, -0.1) is 0 Å². The average Bonchev–Trinajstić information content (AvgIpc) is 3.27. The minimum atomic E-state index is -0.447. The fourth-order valence-corrected chi connectivity index (χ4v) is 4.12. The molecule has 0 unspecified atom stereocenters. The predicted octanol–water partition coefficient (Wildman–Crippen LogP) is 2.01. The van der Waals surface area contributed by atoms with E-state index in [1.807, 2.05) is 18.2 Å². The molecule has 3 aliphatic rings. The van der Waals surface area contributed by atoms with Gasteiger partial charge >= 0.3 is 6.09 Å². The fraction of sp³-hybridized carbons (Fsp3) is 0.600. The summed E-state index contributed by atoms with van der Waals surface area (Å²) in [4.78, 5) is 24.5. The molecule has 1 saturated carbocycles. The smallest absolute Gasteiger partial charge is 0.407 e. The number of nitrogens with one attached hydrogen (secondary N) is 2. The van der Waals surface area contributed by atoms with E-state index in [1.165, 1.54) is 6.42 Å². The van der Waals surface area contributed by atoms with E-state index in [4.69, 9.17) is 14.2 Å². The van der Waals surface area contributed by atoms with E-state index in [0.29, 0.717) is 12.2 Å². The minimum Gasteiger partial charge on any atom is -0.441 e. The molecule has 0 spiro atoms. The van der Waals surface area contributed by atoms with Crippen molar-refractivity contribution in [1.29, 1.82) is 0 Å². The second-order valence-corrected chi connectivity index (χ2v) is 7.46. The molecule has 146 valence electrons. The minimum absolute atomic E-state index is 0.159. The third kappa shape index (κ3) is 4.25. The molecule has 4 atom stereocenters. The third-order valence-electron chi connectivity index (χ3n) is 5.55. The van der Waals surface area contributed by atoms with Crippen LogP contribution in [0.15, 0.2) is 30.3 Å². The molecule has 0 bridgehead atoms. The highest BCUT2D eigenvalue weighted by molar-refractivity contribution is 5.94. The van der Waals surface area contributed by atoms with Crippen LogP contribution in [0.1, 0.15) is 42.5 Å². The summed E-state index contributed by atoms with van der Waals surface area (Å²) in [6.45, 7) is 0.628. The van der Waals surface area contributed by atoms with E-state index in [9.17, 15) is 9.59 Å². The number of amides is 2. The van der Waals surface area contributed by atoms with Gasteiger partial charge < -0.3 is 24.8 Å². The Hall–Kier alpha value is -2.12. The molecule has 2 amide bonds. The maximum absolute atomic E-state index is 12.4. The van der Waals surface area contributed by atoms with E-state index in [-0.39, 0.29) is 36.8 Å². The molecule has 1 aromatic rings. The van der Waals surface area contributed by atoms with Crippen LogP contribution >= 0.6 is 0 Å². The standard InChI is InChI=1S/C20H26N2O5/c23-19(13-7-3-1-4-8-13)22-15-11-25-18-16(12-26-17(15)18)27-20(24)21-14-9-5-2-6-10-14/h1,3-4,7-8,14-18H,2,5-6,9-12H2,(H,21,24)(H,22,23)/t15-,16-,17-,18+/m1/s1. The van der Waals surface area contributed by atoms with Crippen molar-refractivity contribution in [2.24, 2.45) is 0 Å². The number of carbonyl (C=O) groups is 2. The summed E-state index contributed by atoms with van der Waals surface area (Å²) in [5, 5.41) is 5.91. The monoisotopic (exact) mass is 374 g/mol. The van der Waals surface area contributed by atoms with E-state index < -0.39 is 12.2 Å². The molecular weight excluding hydrogens is 348 g/mol. The highest BCUT2D eigenvalue weighted by Crippen LogP contribution is 2.29. The molecule has 27 heavy (non-hydrogen) atoms. The molecule has 2 aliphatic heterocycles. The summed E-state index contributed by atoms with van der Waals surface area (Å²) >= 11 is 0. The summed E-state index contributed by atoms with van der Waals surface area (Å²) in [7, 11) is 0. The van der Waals surface area contributed by atoms with Gasteiger partial charge in [0.2, 0.25) is 0 Å². The van der Waals surface area contributed by atoms with Gasteiger partial charge in [-0.3, -0.25) is 4.79 Å². The van der Waals surface area contributed by atoms with Gasteiger partial charge in [-0.2, -0.15) is 0 Å². The van der Waals surface area contributed by atoms with E-state index in [0.717, 1.165) is 25.7 Å². The zero-order valence-corrected chi connectivity index (χ0v) is 15.3. The Kier molecular flexibility index (Phi) is 5.59. The summed E-state index contributed by atoms with van der Waals surface area (Å²) in [6.07, 6.45) is 4.04. The van der Waals surface area contributed by atoms with Crippen molar-refractivity contribution in [3.8, 4) is 0 Å². The van der Waals surface area contributed by atoms with Crippen LogP contribution in [-0.4, -0.2) is 55.6 Å². The lowest BCUT2D eigenvalue weighted by atomic mass is 9.96. The Morgan fingerprint density at radius 3 is 2.44 bits per heavy atom. The van der Waals surface area contributed by atoms with Gasteiger partial charge in [-0.05, 0) is 25.0 Å². The van der Waals surface area contributed by atoms with Crippen LogP contribution in [-0.2, 0) is 14.2 Å². The quantitative estimate of drug-likeness (QED) is 0.842. The number of benzene rings is 1. The molecule has 0 aromatic heterocycles. The molecule has 0 radical (unpaired) electrons. The Morgan fingerprint density at radius 2 is 1.67 bits per heavy atom. The summed E-state index contributed by atoms with van der Waals surface area (Å²) in [5.41, 5.74) is 0.596. The molecule has 2 saturated heterocycles. The molecular formula is C20H26N2O5. The normalized spacial score (nSPS) is 30.5. The van der Waals surface area contributed by atoms with Crippen molar-refractivity contribution < 1.29 is 23.8 Å². The molecule has 4 rings (SSSR count). The molecule has 7 heteroatoms. The Morgan fingerprint density at radius 1 is 0.926 bits per heavy atom.